The summed E-state index contributed by atoms with van der Waals surface area (Å²) in [6, 6.07) is 22.0. The predicted octanol–water partition coefficient (Wildman–Crippen LogP) is 5.08. The van der Waals surface area contributed by atoms with E-state index in [1.807, 2.05) is 30.3 Å². The van der Waals surface area contributed by atoms with Crippen molar-refractivity contribution in [3.63, 3.8) is 0 Å². The Morgan fingerprint density at radius 3 is 2.21 bits per heavy atom. The number of benzene rings is 2. The van der Waals surface area contributed by atoms with Crippen LogP contribution in [-0.2, 0) is 0 Å². The predicted molar refractivity (Wildman–Crippen MR) is 105 cm³/mol. The Kier molecular flexibility index (Phi) is 5.56. The number of pyridine rings is 1. The molecule has 0 aliphatic rings. The molecule has 0 fully saturated rings. The standard InChI is InChI=1S/C22H13ClN4O/c1-28-16-8-6-14(7-9-16)21-10-18(17-4-2-3-5-20(17)23)19(13-26)22(27-21)15(11-24)12-25/h2-10,15H,1H3. The number of rotatable bonds is 4. The van der Waals surface area contributed by atoms with E-state index in [1.165, 1.54) is 0 Å². The molecule has 0 saturated carbocycles. The van der Waals surface area contributed by atoms with E-state index in [2.05, 4.69) is 11.1 Å². The molecule has 2 aromatic carbocycles. The average molecular weight is 385 g/mol. The Morgan fingerprint density at radius 2 is 1.64 bits per heavy atom. The second kappa shape index (κ2) is 8.23. The van der Waals surface area contributed by atoms with Crippen LogP contribution in [0.15, 0.2) is 54.6 Å². The summed E-state index contributed by atoms with van der Waals surface area (Å²) in [5, 5.41) is 29.0. The zero-order valence-corrected chi connectivity index (χ0v) is 15.6. The molecule has 0 atom stereocenters. The maximum Gasteiger partial charge on any atom is 0.176 e. The van der Waals surface area contributed by atoms with Gasteiger partial charge in [0.2, 0.25) is 0 Å². The lowest BCUT2D eigenvalue weighted by Gasteiger charge is -2.14. The normalized spacial score (nSPS) is 10.0. The Labute approximate surface area is 167 Å². The molecular formula is C22H13ClN4O. The van der Waals surface area contributed by atoms with Gasteiger partial charge in [0.15, 0.2) is 5.92 Å². The highest BCUT2D eigenvalue weighted by Gasteiger charge is 2.23. The van der Waals surface area contributed by atoms with E-state index < -0.39 is 5.92 Å². The summed E-state index contributed by atoms with van der Waals surface area (Å²) in [7, 11) is 1.58. The number of ether oxygens (including phenoxy) is 1. The van der Waals surface area contributed by atoms with Crippen LogP contribution in [0.5, 0.6) is 5.75 Å². The summed E-state index contributed by atoms with van der Waals surface area (Å²) in [4.78, 5) is 4.48. The summed E-state index contributed by atoms with van der Waals surface area (Å²) in [6.07, 6.45) is 0. The minimum absolute atomic E-state index is 0.121. The molecule has 0 N–H and O–H groups in total. The van der Waals surface area contributed by atoms with Crippen molar-refractivity contribution in [2.45, 2.75) is 5.92 Å². The number of methoxy groups -OCH3 is 1. The molecule has 3 aromatic rings. The lowest BCUT2D eigenvalue weighted by molar-refractivity contribution is 0.415. The first-order valence-corrected chi connectivity index (χ1v) is 8.64. The van der Waals surface area contributed by atoms with E-state index in [4.69, 9.17) is 16.3 Å². The van der Waals surface area contributed by atoms with Gasteiger partial charge in [-0.05, 0) is 36.4 Å². The second-order valence-electron chi connectivity index (χ2n) is 5.83. The van der Waals surface area contributed by atoms with E-state index in [0.29, 0.717) is 27.6 Å². The lowest BCUT2D eigenvalue weighted by atomic mass is 9.93. The van der Waals surface area contributed by atoms with Crippen molar-refractivity contribution in [1.29, 1.82) is 15.8 Å². The molecule has 134 valence electrons. The SMILES string of the molecule is COc1ccc(-c2cc(-c3ccccc3Cl)c(C#N)c(C(C#N)C#N)n2)cc1. The lowest BCUT2D eigenvalue weighted by Crippen LogP contribution is -2.04. The van der Waals surface area contributed by atoms with Crippen LogP contribution in [-0.4, -0.2) is 12.1 Å². The van der Waals surface area contributed by atoms with Crippen LogP contribution in [0.2, 0.25) is 5.02 Å². The van der Waals surface area contributed by atoms with Crippen LogP contribution in [0.1, 0.15) is 17.2 Å². The first-order chi connectivity index (χ1) is 13.6. The van der Waals surface area contributed by atoms with Crippen LogP contribution < -0.4 is 4.74 Å². The zero-order chi connectivity index (χ0) is 20.1. The second-order valence-corrected chi connectivity index (χ2v) is 6.23. The van der Waals surface area contributed by atoms with Gasteiger partial charge in [-0.2, -0.15) is 15.8 Å². The molecule has 0 aliphatic carbocycles. The smallest absolute Gasteiger partial charge is 0.176 e. The molecule has 0 radical (unpaired) electrons. The van der Waals surface area contributed by atoms with Gasteiger partial charge in [0, 0.05) is 21.7 Å². The summed E-state index contributed by atoms with van der Waals surface area (Å²) in [6.45, 7) is 0. The number of hydrogen-bond acceptors (Lipinski definition) is 5. The van der Waals surface area contributed by atoms with Gasteiger partial charge < -0.3 is 4.74 Å². The van der Waals surface area contributed by atoms with Crippen molar-refractivity contribution in [2.24, 2.45) is 0 Å². The number of nitrogens with zero attached hydrogens (tertiary/aromatic N) is 4. The van der Waals surface area contributed by atoms with Crippen LogP contribution in [0.25, 0.3) is 22.4 Å². The molecule has 0 spiro atoms. The molecule has 0 unspecified atom stereocenters. The van der Waals surface area contributed by atoms with Gasteiger partial charge in [0.1, 0.15) is 11.8 Å². The monoisotopic (exact) mass is 384 g/mol. The number of hydrogen-bond donors (Lipinski definition) is 0. The fourth-order valence-electron chi connectivity index (χ4n) is 2.84. The molecule has 3 rings (SSSR count). The van der Waals surface area contributed by atoms with E-state index in [0.717, 1.165) is 5.56 Å². The van der Waals surface area contributed by atoms with Crippen LogP contribution in [0, 0.1) is 34.0 Å². The fraction of sp³-hybridized carbons (Fsp3) is 0.0909. The molecule has 0 aliphatic heterocycles. The number of halogens is 1. The van der Waals surface area contributed by atoms with Crippen molar-refractivity contribution in [3.8, 4) is 46.3 Å². The molecule has 0 bridgehead atoms. The van der Waals surface area contributed by atoms with Gasteiger partial charge in [0.05, 0.1) is 36.2 Å². The quantitative estimate of drug-likeness (QED) is 0.625. The van der Waals surface area contributed by atoms with Gasteiger partial charge in [0.25, 0.3) is 0 Å². The highest BCUT2D eigenvalue weighted by atomic mass is 35.5. The van der Waals surface area contributed by atoms with Crippen LogP contribution in [0.3, 0.4) is 0 Å². The third kappa shape index (κ3) is 3.51. The number of nitriles is 3. The molecule has 0 saturated heterocycles. The molecule has 5 nitrogen and oxygen atoms in total. The van der Waals surface area contributed by atoms with Gasteiger partial charge in [-0.15, -0.1) is 0 Å². The molecular weight excluding hydrogens is 372 g/mol. The van der Waals surface area contributed by atoms with E-state index in [-0.39, 0.29) is 11.3 Å². The Bertz CT molecular complexity index is 1140. The fourth-order valence-corrected chi connectivity index (χ4v) is 3.08. The van der Waals surface area contributed by atoms with Crippen molar-refractivity contribution < 1.29 is 4.74 Å². The first-order valence-electron chi connectivity index (χ1n) is 8.26. The Hall–Kier alpha value is -3.85. The Balaban J connectivity index is 2.33. The third-order valence-electron chi connectivity index (χ3n) is 4.24. The van der Waals surface area contributed by atoms with Crippen LogP contribution >= 0.6 is 11.6 Å². The van der Waals surface area contributed by atoms with Crippen molar-refractivity contribution in [3.05, 3.63) is 70.9 Å². The van der Waals surface area contributed by atoms with E-state index >= 15 is 0 Å². The molecule has 6 heteroatoms. The molecule has 1 aromatic heterocycles. The maximum absolute atomic E-state index is 9.75. The zero-order valence-electron chi connectivity index (χ0n) is 14.8. The highest BCUT2D eigenvalue weighted by Crippen LogP contribution is 2.36. The molecule has 28 heavy (non-hydrogen) atoms. The topological polar surface area (TPSA) is 93.5 Å². The van der Waals surface area contributed by atoms with Crippen LogP contribution in [0.4, 0.5) is 0 Å². The van der Waals surface area contributed by atoms with Crippen molar-refractivity contribution >= 4 is 11.6 Å². The van der Waals surface area contributed by atoms with E-state index in [9.17, 15) is 15.8 Å². The summed E-state index contributed by atoms with van der Waals surface area (Å²) in [5.74, 6) is -0.482. The highest BCUT2D eigenvalue weighted by molar-refractivity contribution is 6.33. The van der Waals surface area contributed by atoms with E-state index in [1.54, 1.807) is 43.5 Å². The number of aromatic nitrogens is 1. The van der Waals surface area contributed by atoms with Crippen molar-refractivity contribution in [1.82, 2.24) is 4.98 Å². The van der Waals surface area contributed by atoms with Gasteiger partial charge in [-0.1, -0.05) is 29.8 Å². The summed E-state index contributed by atoms with van der Waals surface area (Å²) in [5.41, 5.74) is 2.74. The third-order valence-corrected chi connectivity index (χ3v) is 4.57. The molecule has 1 heterocycles. The first kappa shape index (κ1) is 18.9. The van der Waals surface area contributed by atoms with Gasteiger partial charge >= 0.3 is 0 Å². The maximum atomic E-state index is 9.75. The average Bonchev–Trinajstić information content (AvgIpc) is 2.74. The van der Waals surface area contributed by atoms with Gasteiger partial charge in [-0.25, -0.2) is 4.98 Å². The molecule has 0 amide bonds. The largest absolute Gasteiger partial charge is 0.497 e. The van der Waals surface area contributed by atoms with Gasteiger partial charge in [-0.3, -0.25) is 0 Å². The summed E-state index contributed by atoms with van der Waals surface area (Å²) >= 11 is 6.35. The minimum Gasteiger partial charge on any atom is -0.497 e. The summed E-state index contributed by atoms with van der Waals surface area (Å²) < 4.78 is 5.18. The Morgan fingerprint density at radius 1 is 0.964 bits per heavy atom. The van der Waals surface area contributed by atoms with Crippen molar-refractivity contribution in [2.75, 3.05) is 7.11 Å². The minimum atomic E-state index is -1.17.